The molecule has 3 rings (SSSR count). The first-order valence-corrected chi connectivity index (χ1v) is 6.82. The Morgan fingerprint density at radius 3 is 2.84 bits per heavy atom. The Hall–Kier alpha value is -1.98. The molecule has 3 aromatic rings. The van der Waals surface area contributed by atoms with Gasteiger partial charge in [-0.3, -0.25) is 0 Å². The van der Waals surface area contributed by atoms with Crippen molar-refractivity contribution in [2.45, 2.75) is 0 Å². The van der Waals surface area contributed by atoms with E-state index < -0.39 is 0 Å². The van der Waals surface area contributed by atoms with Crippen LogP contribution in [0.1, 0.15) is 0 Å². The topological polar surface area (TPSA) is 50.7 Å². The van der Waals surface area contributed by atoms with Gasteiger partial charge in [0, 0.05) is 28.5 Å². The van der Waals surface area contributed by atoms with E-state index in [1.54, 1.807) is 23.7 Å². The van der Waals surface area contributed by atoms with Crippen LogP contribution in [0.2, 0.25) is 5.02 Å². The van der Waals surface area contributed by atoms with Gasteiger partial charge in [0.25, 0.3) is 0 Å². The molecule has 1 N–H and O–H groups in total. The summed E-state index contributed by atoms with van der Waals surface area (Å²) in [5.41, 5.74) is 1.65. The molecule has 0 atom stereocenters. The van der Waals surface area contributed by atoms with Crippen molar-refractivity contribution in [2.75, 3.05) is 5.32 Å². The lowest BCUT2D eigenvalue weighted by atomic mass is 10.3. The molecule has 0 fully saturated rings. The molecule has 4 nitrogen and oxygen atoms in total. The van der Waals surface area contributed by atoms with Crippen molar-refractivity contribution in [3.8, 4) is 10.7 Å². The van der Waals surface area contributed by atoms with Crippen LogP contribution in [0.3, 0.4) is 0 Å². The zero-order valence-corrected chi connectivity index (χ0v) is 11.3. The molecule has 0 aliphatic rings. The lowest BCUT2D eigenvalue weighted by molar-refractivity contribution is 1.16. The SMILES string of the molecule is Clc1cccc(Nc2nccc(-c3nccs3)n2)c1. The standard InChI is InChI=1S/C13H9ClN4S/c14-9-2-1-3-10(8-9)17-13-16-5-4-11(18-13)12-15-6-7-19-12/h1-8H,(H,16,17,18). The van der Waals surface area contributed by atoms with Gasteiger partial charge in [0.15, 0.2) is 0 Å². The highest BCUT2D eigenvalue weighted by Gasteiger charge is 2.04. The van der Waals surface area contributed by atoms with Crippen molar-refractivity contribution >= 4 is 34.6 Å². The van der Waals surface area contributed by atoms with Crippen molar-refractivity contribution in [1.82, 2.24) is 15.0 Å². The third-order valence-corrected chi connectivity index (χ3v) is 3.42. The molecule has 0 saturated heterocycles. The fraction of sp³-hybridized carbons (Fsp3) is 0. The first-order valence-electron chi connectivity index (χ1n) is 5.57. The van der Waals surface area contributed by atoms with Crippen LogP contribution in [0.5, 0.6) is 0 Å². The number of nitrogens with one attached hydrogen (secondary N) is 1. The molecule has 0 unspecified atom stereocenters. The Balaban J connectivity index is 1.88. The number of benzene rings is 1. The normalized spacial score (nSPS) is 10.4. The molecule has 2 aromatic heterocycles. The molecule has 0 saturated carbocycles. The number of hydrogen-bond acceptors (Lipinski definition) is 5. The van der Waals surface area contributed by atoms with Gasteiger partial charge in [-0.25, -0.2) is 15.0 Å². The second kappa shape index (κ2) is 5.34. The second-order valence-corrected chi connectivity index (χ2v) is 5.07. The van der Waals surface area contributed by atoms with Gasteiger partial charge in [-0.05, 0) is 24.3 Å². The highest BCUT2D eigenvalue weighted by molar-refractivity contribution is 7.13. The van der Waals surface area contributed by atoms with Gasteiger partial charge in [-0.1, -0.05) is 17.7 Å². The molecule has 19 heavy (non-hydrogen) atoms. The Bertz CT molecular complexity index is 685. The minimum Gasteiger partial charge on any atom is -0.324 e. The van der Waals surface area contributed by atoms with E-state index in [1.807, 2.05) is 35.7 Å². The molecule has 0 radical (unpaired) electrons. The van der Waals surface area contributed by atoms with E-state index in [0.29, 0.717) is 11.0 Å². The van der Waals surface area contributed by atoms with Crippen molar-refractivity contribution in [1.29, 1.82) is 0 Å². The molecule has 94 valence electrons. The van der Waals surface area contributed by atoms with Crippen molar-refractivity contribution in [2.24, 2.45) is 0 Å². The largest absolute Gasteiger partial charge is 0.324 e. The van der Waals surface area contributed by atoms with Gasteiger partial charge in [0.1, 0.15) is 10.7 Å². The van der Waals surface area contributed by atoms with E-state index in [9.17, 15) is 0 Å². The molecular formula is C13H9ClN4S. The van der Waals surface area contributed by atoms with Crippen molar-refractivity contribution in [3.63, 3.8) is 0 Å². The van der Waals surface area contributed by atoms with E-state index >= 15 is 0 Å². The predicted molar refractivity (Wildman–Crippen MR) is 77.9 cm³/mol. The van der Waals surface area contributed by atoms with E-state index in [4.69, 9.17) is 11.6 Å². The summed E-state index contributed by atoms with van der Waals surface area (Å²) in [4.78, 5) is 12.8. The highest BCUT2D eigenvalue weighted by atomic mass is 35.5. The second-order valence-electron chi connectivity index (χ2n) is 3.74. The van der Waals surface area contributed by atoms with Crippen LogP contribution in [0.25, 0.3) is 10.7 Å². The van der Waals surface area contributed by atoms with Crippen LogP contribution < -0.4 is 5.32 Å². The van der Waals surface area contributed by atoms with Gasteiger partial charge in [-0.2, -0.15) is 0 Å². The van der Waals surface area contributed by atoms with Crippen molar-refractivity contribution in [3.05, 3.63) is 53.1 Å². The number of aromatic nitrogens is 3. The minimum atomic E-state index is 0.523. The Morgan fingerprint density at radius 2 is 2.05 bits per heavy atom. The highest BCUT2D eigenvalue weighted by Crippen LogP contribution is 2.22. The van der Waals surface area contributed by atoms with Crippen LogP contribution >= 0.6 is 22.9 Å². The number of rotatable bonds is 3. The number of anilines is 2. The summed E-state index contributed by atoms with van der Waals surface area (Å²) >= 11 is 7.48. The molecule has 0 bridgehead atoms. The first kappa shape index (κ1) is 12.1. The lowest BCUT2D eigenvalue weighted by Gasteiger charge is -2.05. The molecule has 6 heteroatoms. The maximum atomic E-state index is 5.93. The summed E-state index contributed by atoms with van der Waals surface area (Å²) < 4.78 is 0. The minimum absolute atomic E-state index is 0.523. The lowest BCUT2D eigenvalue weighted by Crippen LogP contribution is -1.97. The van der Waals surface area contributed by atoms with Gasteiger partial charge < -0.3 is 5.32 Å². The maximum absolute atomic E-state index is 5.93. The van der Waals surface area contributed by atoms with Crippen LogP contribution in [0.15, 0.2) is 48.1 Å². The third kappa shape index (κ3) is 2.89. The summed E-state index contributed by atoms with van der Waals surface area (Å²) in [6.45, 7) is 0. The summed E-state index contributed by atoms with van der Waals surface area (Å²) in [6, 6.07) is 9.25. The molecule has 0 amide bonds. The third-order valence-electron chi connectivity index (χ3n) is 2.39. The van der Waals surface area contributed by atoms with E-state index in [0.717, 1.165) is 16.4 Å². The van der Waals surface area contributed by atoms with Crippen LogP contribution in [-0.2, 0) is 0 Å². The molecule has 0 aliphatic carbocycles. The quantitative estimate of drug-likeness (QED) is 0.791. The Labute approximate surface area is 119 Å². The van der Waals surface area contributed by atoms with Gasteiger partial charge in [-0.15, -0.1) is 11.3 Å². The van der Waals surface area contributed by atoms with E-state index in [1.165, 1.54) is 0 Å². The van der Waals surface area contributed by atoms with Crippen LogP contribution in [0, 0.1) is 0 Å². The van der Waals surface area contributed by atoms with Crippen LogP contribution in [-0.4, -0.2) is 15.0 Å². The first-order chi connectivity index (χ1) is 9.31. The number of hydrogen-bond donors (Lipinski definition) is 1. The van der Waals surface area contributed by atoms with Gasteiger partial charge in [0.05, 0.1) is 0 Å². The fourth-order valence-electron chi connectivity index (χ4n) is 1.58. The molecular weight excluding hydrogens is 280 g/mol. The molecule has 0 aliphatic heterocycles. The van der Waals surface area contributed by atoms with Crippen LogP contribution in [0.4, 0.5) is 11.6 Å². The summed E-state index contributed by atoms with van der Waals surface area (Å²) in [5, 5.41) is 6.57. The molecule has 0 spiro atoms. The summed E-state index contributed by atoms with van der Waals surface area (Å²) in [5.74, 6) is 0.523. The predicted octanol–water partition coefficient (Wildman–Crippen LogP) is 4.00. The summed E-state index contributed by atoms with van der Waals surface area (Å²) in [6.07, 6.45) is 3.46. The average Bonchev–Trinajstić information content (AvgIpc) is 2.93. The zero-order chi connectivity index (χ0) is 13.1. The van der Waals surface area contributed by atoms with E-state index in [2.05, 4.69) is 20.3 Å². The summed E-state index contributed by atoms with van der Waals surface area (Å²) in [7, 11) is 0. The average molecular weight is 289 g/mol. The van der Waals surface area contributed by atoms with Gasteiger partial charge >= 0.3 is 0 Å². The molecule has 1 aromatic carbocycles. The Kier molecular flexibility index (Phi) is 3.39. The fourth-order valence-corrected chi connectivity index (χ4v) is 2.38. The Morgan fingerprint density at radius 1 is 1.11 bits per heavy atom. The number of halogens is 1. The number of nitrogens with zero attached hydrogens (tertiary/aromatic N) is 3. The maximum Gasteiger partial charge on any atom is 0.227 e. The monoisotopic (exact) mass is 288 g/mol. The van der Waals surface area contributed by atoms with Gasteiger partial charge in [0.2, 0.25) is 5.95 Å². The van der Waals surface area contributed by atoms with Crippen molar-refractivity contribution < 1.29 is 0 Å². The zero-order valence-electron chi connectivity index (χ0n) is 9.75. The molecule has 2 heterocycles. The smallest absolute Gasteiger partial charge is 0.227 e. The van der Waals surface area contributed by atoms with E-state index in [-0.39, 0.29) is 0 Å². The number of thiazole rings is 1.